The number of fused-ring (bicyclic) bond motifs is 1. The van der Waals surface area contributed by atoms with Gasteiger partial charge in [0.2, 0.25) is 22.7 Å². The third-order valence-corrected chi connectivity index (χ3v) is 4.60. The van der Waals surface area contributed by atoms with Gasteiger partial charge < -0.3 is 27.8 Å². The van der Waals surface area contributed by atoms with Crippen LogP contribution in [0.5, 0.6) is 23.0 Å². The van der Waals surface area contributed by atoms with Crippen LogP contribution < -0.4 is 24.4 Å². The summed E-state index contributed by atoms with van der Waals surface area (Å²) < 4.78 is 32.5. The van der Waals surface area contributed by atoms with E-state index in [0.717, 1.165) is 0 Å². The van der Waals surface area contributed by atoms with Crippen LogP contribution in [0.25, 0.3) is 22.5 Å². The minimum Gasteiger partial charge on any atom is -0.493 e. The predicted molar refractivity (Wildman–Crippen MR) is 111 cm³/mol. The van der Waals surface area contributed by atoms with E-state index in [-0.39, 0.29) is 39.7 Å². The molecule has 0 fully saturated rings. The third-order valence-electron chi connectivity index (χ3n) is 4.60. The van der Waals surface area contributed by atoms with Crippen LogP contribution in [-0.4, -0.2) is 27.3 Å². The SMILES string of the molecule is COc1cc(C(=O)Oc2c(-c3ccco3)oc3ccccc3c2=O)cc(OC)c1OC. The van der Waals surface area contributed by atoms with Crippen LogP contribution >= 0.6 is 0 Å². The summed E-state index contributed by atoms with van der Waals surface area (Å²) in [4.78, 5) is 26.1. The first-order chi connectivity index (χ1) is 15.1. The summed E-state index contributed by atoms with van der Waals surface area (Å²) in [5.41, 5.74) is -0.0759. The number of carbonyl (C=O) groups is 1. The van der Waals surface area contributed by atoms with Crippen LogP contribution in [0, 0.1) is 0 Å². The molecule has 8 heteroatoms. The number of ether oxygens (including phenoxy) is 4. The van der Waals surface area contributed by atoms with Crippen LogP contribution in [-0.2, 0) is 0 Å². The summed E-state index contributed by atoms with van der Waals surface area (Å²) in [7, 11) is 4.31. The Morgan fingerprint density at radius 1 is 0.871 bits per heavy atom. The molecule has 2 aromatic heterocycles. The Hall–Kier alpha value is -4.20. The molecule has 0 amide bonds. The Bertz CT molecular complexity index is 1280. The number of rotatable bonds is 6. The van der Waals surface area contributed by atoms with E-state index in [9.17, 15) is 9.59 Å². The Labute approximate surface area is 176 Å². The Kier molecular flexibility index (Phi) is 5.36. The predicted octanol–water partition coefficient (Wildman–Crippen LogP) is 4.30. The van der Waals surface area contributed by atoms with Gasteiger partial charge >= 0.3 is 5.97 Å². The average Bonchev–Trinajstić information content (AvgIpc) is 3.34. The van der Waals surface area contributed by atoms with Gasteiger partial charge in [-0.3, -0.25) is 4.79 Å². The summed E-state index contributed by atoms with van der Waals surface area (Å²) in [6.45, 7) is 0. The van der Waals surface area contributed by atoms with Crippen molar-refractivity contribution in [2.75, 3.05) is 21.3 Å². The van der Waals surface area contributed by atoms with Crippen molar-refractivity contribution in [2.45, 2.75) is 0 Å². The molecule has 4 aromatic rings. The Morgan fingerprint density at radius 2 is 1.58 bits per heavy atom. The van der Waals surface area contributed by atoms with Crippen molar-refractivity contribution in [1.29, 1.82) is 0 Å². The van der Waals surface area contributed by atoms with E-state index in [4.69, 9.17) is 27.8 Å². The van der Waals surface area contributed by atoms with Gasteiger partial charge in [0.25, 0.3) is 0 Å². The maximum Gasteiger partial charge on any atom is 0.344 e. The van der Waals surface area contributed by atoms with Gasteiger partial charge in [0, 0.05) is 0 Å². The number of hydrogen-bond donors (Lipinski definition) is 0. The van der Waals surface area contributed by atoms with Crippen molar-refractivity contribution in [2.24, 2.45) is 0 Å². The number of hydrogen-bond acceptors (Lipinski definition) is 8. The molecule has 0 atom stereocenters. The minimum absolute atomic E-state index is 0.00879. The van der Waals surface area contributed by atoms with Crippen LogP contribution in [0.4, 0.5) is 0 Å². The molecule has 2 aromatic carbocycles. The molecule has 0 saturated heterocycles. The molecule has 4 rings (SSSR count). The quantitative estimate of drug-likeness (QED) is 0.424. The Balaban J connectivity index is 1.84. The molecule has 0 spiro atoms. The molecule has 0 N–H and O–H groups in total. The lowest BCUT2D eigenvalue weighted by Gasteiger charge is -2.14. The van der Waals surface area contributed by atoms with Crippen LogP contribution in [0.2, 0.25) is 0 Å². The van der Waals surface area contributed by atoms with Crippen LogP contribution in [0.1, 0.15) is 10.4 Å². The number of carbonyl (C=O) groups excluding carboxylic acids is 1. The first kappa shape index (κ1) is 20.1. The summed E-state index contributed by atoms with van der Waals surface area (Å²) in [5.74, 6) is 0.0198. The van der Waals surface area contributed by atoms with Gasteiger partial charge in [-0.1, -0.05) is 12.1 Å². The van der Waals surface area contributed by atoms with E-state index >= 15 is 0 Å². The lowest BCUT2D eigenvalue weighted by atomic mass is 10.1. The maximum atomic E-state index is 13.1. The molecule has 0 aliphatic carbocycles. The van der Waals surface area contributed by atoms with E-state index in [1.165, 1.54) is 39.7 Å². The summed E-state index contributed by atoms with van der Waals surface area (Å²) in [6.07, 6.45) is 1.43. The Morgan fingerprint density at radius 3 is 2.19 bits per heavy atom. The molecule has 0 aliphatic rings. The smallest absolute Gasteiger partial charge is 0.344 e. The summed E-state index contributed by atoms with van der Waals surface area (Å²) in [6, 6.07) is 12.8. The molecule has 0 unspecified atom stereocenters. The molecule has 0 saturated carbocycles. The number of benzene rings is 2. The zero-order chi connectivity index (χ0) is 22.0. The number of para-hydroxylation sites is 1. The van der Waals surface area contributed by atoms with Gasteiger partial charge in [0.05, 0.1) is 38.5 Å². The summed E-state index contributed by atoms with van der Waals surface area (Å²) >= 11 is 0. The van der Waals surface area contributed by atoms with E-state index < -0.39 is 11.4 Å². The fourth-order valence-electron chi connectivity index (χ4n) is 3.14. The molecule has 2 heterocycles. The third kappa shape index (κ3) is 3.59. The second-order valence-corrected chi connectivity index (χ2v) is 6.37. The fraction of sp³-hybridized carbons (Fsp3) is 0.130. The second-order valence-electron chi connectivity index (χ2n) is 6.37. The van der Waals surface area contributed by atoms with Gasteiger partial charge in [0.15, 0.2) is 17.3 Å². The zero-order valence-corrected chi connectivity index (χ0v) is 17.0. The molecular weight excluding hydrogens is 404 g/mol. The number of esters is 1. The van der Waals surface area contributed by atoms with Crippen LogP contribution in [0.15, 0.2) is 68.4 Å². The van der Waals surface area contributed by atoms with Gasteiger partial charge in [-0.15, -0.1) is 0 Å². The van der Waals surface area contributed by atoms with Crippen LogP contribution in [0.3, 0.4) is 0 Å². The molecule has 158 valence electrons. The average molecular weight is 422 g/mol. The standard InChI is InChI=1S/C23H18O8/c1-26-17-11-13(12-18(27-2)20(17)28-3)23(25)31-22-19(24)14-7-4-5-8-15(14)30-21(22)16-9-6-10-29-16/h4-12H,1-3H3. The monoisotopic (exact) mass is 422 g/mol. The molecule has 0 radical (unpaired) electrons. The lowest BCUT2D eigenvalue weighted by Crippen LogP contribution is -2.16. The number of furan rings is 1. The highest BCUT2D eigenvalue weighted by atomic mass is 16.5. The van der Waals surface area contributed by atoms with Gasteiger partial charge in [-0.05, 0) is 36.4 Å². The zero-order valence-electron chi connectivity index (χ0n) is 17.0. The first-order valence-corrected chi connectivity index (χ1v) is 9.19. The van der Waals surface area contributed by atoms with Gasteiger partial charge in [-0.2, -0.15) is 0 Å². The topological polar surface area (TPSA) is 97.3 Å². The highest BCUT2D eigenvalue weighted by Crippen LogP contribution is 2.39. The molecule has 31 heavy (non-hydrogen) atoms. The molecule has 0 bridgehead atoms. The lowest BCUT2D eigenvalue weighted by molar-refractivity contribution is 0.0730. The van der Waals surface area contributed by atoms with E-state index in [0.29, 0.717) is 11.3 Å². The van der Waals surface area contributed by atoms with Crippen molar-refractivity contribution >= 4 is 16.9 Å². The highest BCUT2D eigenvalue weighted by molar-refractivity contribution is 5.94. The van der Waals surface area contributed by atoms with Crippen molar-refractivity contribution in [3.8, 4) is 34.5 Å². The van der Waals surface area contributed by atoms with Crippen molar-refractivity contribution in [1.82, 2.24) is 0 Å². The van der Waals surface area contributed by atoms with Crippen molar-refractivity contribution in [3.05, 3.63) is 70.6 Å². The first-order valence-electron chi connectivity index (χ1n) is 9.19. The van der Waals surface area contributed by atoms with Crippen molar-refractivity contribution < 1.29 is 32.6 Å². The molecular formula is C23H18O8. The number of methoxy groups -OCH3 is 3. The minimum atomic E-state index is -0.811. The van der Waals surface area contributed by atoms with Gasteiger partial charge in [0.1, 0.15) is 5.58 Å². The van der Waals surface area contributed by atoms with E-state index in [2.05, 4.69) is 0 Å². The largest absolute Gasteiger partial charge is 0.493 e. The second kappa shape index (κ2) is 8.27. The normalized spacial score (nSPS) is 10.7. The highest BCUT2D eigenvalue weighted by Gasteiger charge is 2.24. The van der Waals surface area contributed by atoms with E-state index in [1.807, 2.05) is 0 Å². The van der Waals surface area contributed by atoms with Crippen molar-refractivity contribution in [3.63, 3.8) is 0 Å². The molecule has 8 nitrogen and oxygen atoms in total. The molecule has 0 aliphatic heterocycles. The maximum absolute atomic E-state index is 13.1. The van der Waals surface area contributed by atoms with Gasteiger partial charge in [-0.25, -0.2) is 4.79 Å². The van der Waals surface area contributed by atoms with E-state index in [1.54, 1.807) is 36.4 Å². The fourth-order valence-corrected chi connectivity index (χ4v) is 3.14. The summed E-state index contributed by atoms with van der Waals surface area (Å²) in [5, 5.41) is 0.269.